The summed E-state index contributed by atoms with van der Waals surface area (Å²) in [5.74, 6) is 1.53. The lowest BCUT2D eigenvalue weighted by molar-refractivity contribution is 0.150. The molecule has 0 atom stereocenters. The van der Waals surface area contributed by atoms with Gasteiger partial charge in [0.1, 0.15) is 16.8 Å². The van der Waals surface area contributed by atoms with Crippen molar-refractivity contribution in [3.8, 4) is 0 Å². The summed E-state index contributed by atoms with van der Waals surface area (Å²) in [5, 5.41) is 3.90. The van der Waals surface area contributed by atoms with Crippen molar-refractivity contribution in [3.05, 3.63) is 17.0 Å². The maximum Gasteiger partial charge on any atom is 0.134 e. The molecule has 0 spiro atoms. The van der Waals surface area contributed by atoms with Crippen LogP contribution in [0.4, 0.5) is 5.82 Å². The van der Waals surface area contributed by atoms with Crippen LogP contribution in [-0.4, -0.2) is 41.5 Å². The third-order valence-electron chi connectivity index (χ3n) is 3.70. The van der Waals surface area contributed by atoms with Crippen molar-refractivity contribution in [2.24, 2.45) is 5.41 Å². The highest BCUT2D eigenvalue weighted by atomic mass is 35.5. The van der Waals surface area contributed by atoms with E-state index in [0.29, 0.717) is 16.4 Å². The van der Waals surface area contributed by atoms with E-state index in [1.807, 2.05) is 6.92 Å². The first-order valence-electron chi connectivity index (χ1n) is 6.40. The number of hydrogen-bond acceptors (Lipinski definition) is 4. The Kier molecular flexibility index (Phi) is 4.07. The van der Waals surface area contributed by atoms with Gasteiger partial charge in [-0.25, -0.2) is 9.97 Å². The van der Waals surface area contributed by atoms with E-state index in [0.717, 1.165) is 12.4 Å². The first kappa shape index (κ1) is 13.6. The van der Waals surface area contributed by atoms with Crippen LogP contribution < -0.4 is 5.32 Å². The van der Waals surface area contributed by atoms with Crippen molar-refractivity contribution < 1.29 is 0 Å². The summed E-state index contributed by atoms with van der Waals surface area (Å²) in [6.45, 7) is 7.47. The Labute approximate surface area is 114 Å². The second-order valence-electron chi connectivity index (χ2n) is 5.59. The highest BCUT2D eigenvalue weighted by Crippen LogP contribution is 2.30. The molecule has 0 saturated carbocycles. The molecule has 0 aliphatic carbocycles. The molecule has 0 aromatic carbocycles. The van der Waals surface area contributed by atoms with Crippen LogP contribution in [0.25, 0.3) is 0 Å². The number of nitrogens with zero attached hydrogens (tertiary/aromatic N) is 3. The summed E-state index contributed by atoms with van der Waals surface area (Å²) in [6.07, 6.45) is 2.43. The van der Waals surface area contributed by atoms with Crippen molar-refractivity contribution in [3.63, 3.8) is 0 Å². The zero-order valence-corrected chi connectivity index (χ0v) is 12.1. The molecule has 2 heterocycles. The van der Waals surface area contributed by atoms with Crippen LogP contribution in [0.15, 0.2) is 6.07 Å². The molecule has 1 aliphatic rings. The van der Waals surface area contributed by atoms with Crippen LogP contribution in [0, 0.1) is 12.3 Å². The van der Waals surface area contributed by atoms with Crippen LogP contribution in [0.2, 0.25) is 5.15 Å². The molecule has 1 aromatic rings. The highest BCUT2D eigenvalue weighted by Gasteiger charge is 2.28. The average molecular weight is 269 g/mol. The molecule has 1 fully saturated rings. The van der Waals surface area contributed by atoms with Gasteiger partial charge in [-0.2, -0.15) is 0 Å². The molecule has 18 heavy (non-hydrogen) atoms. The predicted molar refractivity (Wildman–Crippen MR) is 75.1 cm³/mol. The Balaban J connectivity index is 1.94. The minimum absolute atomic E-state index is 0.345. The Bertz CT molecular complexity index is 393. The molecular formula is C13H21ClN4. The van der Waals surface area contributed by atoms with E-state index in [-0.39, 0.29) is 0 Å². The summed E-state index contributed by atoms with van der Waals surface area (Å²) in [7, 11) is 2.18. The van der Waals surface area contributed by atoms with E-state index in [1.54, 1.807) is 6.07 Å². The third-order valence-corrected chi connectivity index (χ3v) is 3.89. The lowest BCUT2D eigenvalue weighted by Gasteiger charge is -2.38. The van der Waals surface area contributed by atoms with Crippen molar-refractivity contribution in [1.82, 2.24) is 14.9 Å². The van der Waals surface area contributed by atoms with E-state index in [9.17, 15) is 0 Å². The summed E-state index contributed by atoms with van der Waals surface area (Å²) in [5.41, 5.74) is 0.345. The highest BCUT2D eigenvalue weighted by molar-refractivity contribution is 6.29. The molecule has 0 amide bonds. The van der Waals surface area contributed by atoms with Crippen molar-refractivity contribution in [2.75, 3.05) is 32.0 Å². The largest absolute Gasteiger partial charge is 0.369 e. The fraction of sp³-hybridized carbons (Fsp3) is 0.692. The first-order chi connectivity index (χ1) is 8.47. The quantitative estimate of drug-likeness (QED) is 0.856. The Morgan fingerprint density at radius 3 is 2.67 bits per heavy atom. The number of hydrogen-bond donors (Lipinski definition) is 1. The molecule has 1 N–H and O–H groups in total. The maximum atomic E-state index is 5.93. The smallest absolute Gasteiger partial charge is 0.134 e. The van der Waals surface area contributed by atoms with Gasteiger partial charge in [0.15, 0.2) is 0 Å². The second-order valence-corrected chi connectivity index (χ2v) is 5.98. The lowest BCUT2D eigenvalue weighted by Crippen LogP contribution is -2.40. The van der Waals surface area contributed by atoms with Crippen LogP contribution in [0.1, 0.15) is 25.6 Å². The summed E-state index contributed by atoms with van der Waals surface area (Å²) in [6, 6.07) is 1.78. The zero-order chi connectivity index (χ0) is 13.2. The van der Waals surface area contributed by atoms with Gasteiger partial charge in [0.05, 0.1) is 0 Å². The van der Waals surface area contributed by atoms with Crippen LogP contribution in [0.5, 0.6) is 0 Å². The van der Waals surface area contributed by atoms with Gasteiger partial charge in [-0.3, -0.25) is 0 Å². The molecule has 0 unspecified atom stereocenters. The number of rotatable bonds is 3. The molecule has 0 radical (unpaired) electrons. The number of nitrogens with one attached hydrogen (secondary N) is 1. The van der Waals surface area contributed by atoms with E-state index in [4.69, 9.17) is 11.6 Å². The SMILES string of the molecule is Cc1nc(Cl)cc(NCC2(C)CCN(C)CC2)n1. The van der Waals surface area contributed by atoms with Crippen molar-refractivity contribution >= 4 is 17.4 Å². The topological polar surface area (TPSA) is 41.1 Å². The molecule has 5 heteroatoms. The summed E-state index contributed by atoms with van der Waals surface area (Å²) < 4.78 is 0. The number of aromatic nitrogens is 2. The predicted octanol–water partition coefficient (Wildman–Crippen LogP) is 2.58. The molecular weight excluding hydrogens is 248 g/mol. The van der Waals surface area contributed by atoms with Crippen LogP contribution >= 0.6 is 11.6 Å². The number of piperidine rings is 1. The molecule has 1 aliphatic heterocycles. The summed E-state index contributed by atoms with van der Waals surface area (Å²) >= 11 is 5.93. The van der Waals surface area contributed by atoms with Gasteiger partial charge in [-0.05, 0) is 45.3 Å². The van der Waals surface area contributed by atoms with Crippen LogP contribution in [0.3, 0.4) is 0 Å². The molecule has 0 bridgehead atoms. The molecule has 4 nitrogen and oxygen atoms in total. The van der Waals surface area contributed by atoms with E-state index in [2.05, 4.69) is 34.2 Å². The van der Waals surface area contributed by atoms with Crippen molar-refractivity contribution in [2.45, 2.75) is 26.7 Å². The molecule has 2 rings (SSSR count). The monoisotopic (exact) mass is 268 g/mol. The molecule has 1 saturated heterocycles. The van der Waals surface area contributed by atoms with Gasteiger partial charge in [0.2, 0.25) is 0 Å². The minimum Gasteiger partial charge on any atom is -0.369 e. The fourth-order valence-electron chi connectivity index (χ4n) is 2.26. The second kappa shape index (κ2) is 5.41. The maximum absolute atomic E-state index is 5.93. The Morgan fingerprint density at radius 1 is 1.39 bits per heavy atom. The van der Waals surface area contributed by atoms with Gasteiger partial charge in [0, 0.05) is 12.6 Å². The van der Waals surface area contributed by atoms with Gasteiger partial charge in [-0.1, -0.05) is 18.5 Å². The number of halogens is 1. The lowest BCUT2D eigenvalue weighted by atomic mass is 9.80. The Hall–Kier alpha value is -0.870. The minimum atomic E-state index is 0.345. The summed E-state index contributed by atoms with van der Waals surface area (Å²) in [4.78, 5) is 10.8. The normalized spacial score (nSPS) is 19.8. The molecule has 100 valence electrons. The number of anilines is 1. The number of aryl methyl sites for hydroxylation is 1. The van der Waals surface area contributed by atoms with Gasteiger partial charge >= 0.3 is 0 Å². The van der Waals surface area contributed by atoms with Gasteiger partial charge in [0.25, 0.3) is 0 Å². The van der Waals surface area contributed by atoms with E-state index in [1.165, 1.54) is 25.9 Å². The standard InChI is InChI=1S/C13H21ClN4/c1-10-16-11(14)8-12(17-10)15-9-13(2)4-6-18(3)7-5-13/h8H,4-7,9H2,1-3H3,(H,15,16,17). The van der Waals surface area contributed by atoms with Crippen molar-refractivity contribution in [1.29, 1.82) is 0 Å². The van der Waals surface area contributed by atoms with E-state index >= 15 is 0 Å². The molecule has 1 aromatic heterocycles. The van der Waals surface area contributed by atoms with Gasteiger partial charge in [-0.15, -0.1) is 0 Å². The third kappa shape index (κ3) is 3.56. The first-order valence-corrected chi connectivity index (χ1v) is 6.78. The fourth-order valence-corrected chi connectivity index (χ4v) is 2.49. The zero-order valence-electron chi connectivity index (χ0n) is 11.3. The van der Waals surface area contributed by atoms with E-state index < -0.39 is 0 Å². The van der Waals surface area contributed by atoms with Gasteiger partial charge < -0.3 is 10.2 Å². The van der Waals surface area contributed by atoms with Crippen LogP contribution in [-0.2, 0) is 0 Å². The Morgan fingerprint density at radius 2 is 2.06 bits per heavy atom. The number of likely N-dealkylation sites (tertiary alicyclic amines) is 1. The average Bonchev–Trinajstić information content (AvgIpc) is 2.30.